The van der Waals surface area contributed by atoms with Gasteiger partial charge in [-0.05, 0) is 24.3 Å². The van der Waals surface area contributed by atoms with E-state index in [0.717, 1.165) is 6.07 Å². The maximum atomic E-state index is 12.3. The highest BCUT2D eigenvalue weighted by Crippen LogP contribution is 2.29. The Balaban J connectivity index is 2.02. The number of alkyl halides is 3. The van der Waals surface area contributed by atoms with Crippen LogP contribution in [0.15, 0.2) is 52.1 Å². The first-order chi connectivity index (χ1) is 10.8. The van der Waals surface area contributed by atoms with Crippen LogP contribution in [0.5, 0.6) is 5.75 Å². The summed E-state index contributed by atoms with van der Waals surface area (Å²) < 4.78 is 45.8. The van der Waals surface area contributed by atoms with Gasteiger partial charge in [-0.15, -0.1) is 13.2 Å². The predicted octanol–water partition coefficient (Wildman–Crippen LogP) is 2.64. The van der Waals surface area contributed by atoms with E-state index < -0.39 is 18.2 Å². The summed E-state index contributed by atoms with van der Waals surface area (Å²) in [7, 11) is 0. The number of ether oxygens (including phenoxy) is 1. The van der Waals surface area contributed by atoms with Crippen LogP contribution in [-0.2, 0) is 0 Å². The molecule has 0 amide bonds. The summed E-state index contributed by atoms with van der Waals surface area (Å²) in [6.45, 7) is -0.116. The molecule has 0 aliphatic rings. The summed E-state index contributed by atoms with van der Waals surface area (Å²) in [5.41, 5.74) is 5.60. The lowest BCUT2D eigenvalue weighted by Crippen LogP contribution is -2.25. The molecule has 1 atom stereocenters. The number of hydrogen-bond acceptors (Lipinski definition) is 4. The molecule has 0 bridgehead atoms. The van der Waals surface area contributed by atoms with Gasteiger partial charge in [-0.3, -0.25) is 0 Å². The SMILES string of the molecule is NC(=NCC(O)c1ccco1)Nc1ccccc1OC(F)(F)F. The Morgan fingerprint density at radius 1 is 1.30 bits per heavy atom. The lowest BCUT2D eigenvalue weighted by atomic mass is 10.3. The molecule has 1 aromatic heterocycles. The fourth-order valence-electron chi connectivity index (χ4n) is 1.72. The second-order valence-corrected chi connectivity index (χ2v) is 4.43. The van der Waals surface area contributed by atoms with E-state index in [4.69, 9.17) is 10.2 Å². The fraction of sp³-hybridized carbons (Fsp3) is 0.214. The molecule has 23 heavy (non-hydrogen) atoms. The molecule has 4 N–H and O–H groups in total. The summed E-state index contributed by atoms with van der Waals surface area (Å²) in [6.07, 6.45) is -4.43. The standard InChI is InChI=1S/C14H14F3N3O3/c15-14(16,17)23-11-5-2-1-4-9(11)20-13(18)19-8-10(21)12-6-3-7-22-12/h1-7,10,21H,8H2,(H3,18,19,20). The number of halogens is 3. The van der Waals surface area contributed by atoms with Gasteiger partial charge in [0.15, 0.2) is 11.7 Å². The molecule has 0 aliphatic heterocycles. The monoisotopic (exact) mass is 329 g/mol. The number of nitrogens with one attached hydrogen (secondary N) is 1. The summed E-state index contributed by atoms with van der Waals surface area (Å²) in [5.74, 6) is -0.305. The van der Waals surface area contributed by atoms with Crippen LogP contribution in [0.1, 0.15) is 11.9 Å². The van der Waals surface area contributed by atoms with Crippen LogP contribution in [-0.4, -0.2) is 24.0 Å². The topological polar surface area (TPSA) is 93.0 Å². The van der Waals surface area contributed by atoms with Crippen molar-refractivity contribution in [1.29, 1.82) is 0 Å². The predicted molar refractivity (Wildman–Crippen MR) is 76.9 cm³/mol. The molecule has 6 nitrogen and oxygen atoms in total. The molecule has 0 saturated carbocycles. The number of anilines is 1. The number of para-hydroxylation sites is 2. The minimum atomic E-state index is -4.82. The fourth-order valence-corrected chi connectivity index (χ4v) is 1.72. The summed E-state index contributed by atoms with van der Waals surface area (Å²) in [4.78, 5) is 3.85. The van der Waals surface area contributed by atoms with Crippen molar-refractivity contribution in [2.24, 2.45) is 10.7 Å². The molecule has 1 unspecified atom stereocenters. The van der Waals surface area contributed by atoms with Crippen molar-refractivity contribution in [3.63, 3.8) is 0 Å². The first-order valence-corrected chi connectivity index (χ1v) is 6.48. The molecule has 0 aliphatic carbocycles. The van der Waals surface area contributed by atoms with Crippen molar-refractivity contribution in [1.82, 2.24) is 0 Å². The van der Waals surface area contributed by atoms with Crippen molar-refractivity contribution < 1.29 is 27.4 Å². The number of nitrogens with zero attached hydrogens (tertiary/aromatic N) is 1. The summed E-state index contributed by atoms with van der Waals surface area (Å²) in [6, 6.07) is 8.56. The molecule has 1 aromatic carbocycles. The molecular weight excluding hydrogens is 315 g/mol. The van der Waals surface area contributed by atoms with Gasteiger partial charge in [-0.25, -0.2) is 4.99 Å². The lowest BCUT2D eigenvalue weighted by Gasteiger charge is -2.14. The number of aliphatic hydroxyl groups excluding tert-OH is 1. The third-order valence-electron chi connectivity index (χ3n) is 2.68. The second kappa shape index (κ2) is 7.05. The zero-order valence-corrected chi connectivity index (χ0v) is 11.7. The van der Waals surface area contributed by atoms with Gasteiger partial charge < -0.3 is 25.3 Å². The highest BCUT2D eigenvalue weighted by atomic mass is 19.4. The van der Waals surface area contributed by atoms with Gasteiger partial charge in [0.2, 0.25) is 0 Å². The number of hydrogen-bond donors (Lipinski definition) is 3. The first kappa shape index (κ1) is 16.7. The first-order valence-electron chi connectivity index (χ1n) is 6.48. The molecule has 0 fully saturated rings. The molecule has 0 spiro atoms. The van der Waals surface area contributed by atoms with E-state index in [2.05, 4.69) is 15.0 Å². The Labute approximate surface area is 129 Å². The minimum absolute atomic E-state index is 0.00133. The molecule has 2 aromatic rings. The number of furan rings is 1. The Morgan fingerprint density at radius 2 is 2.04 bits per heavy atom. The third kappa shape index (κ3) is 5.22. The molecule has 9 heteroatoms. The number of rotatable bonds is 5. The molecule has 0 saturated heterocycles. The van der Waals surface area contributed by atoms with Gasteiger partial charge in [-0.2, -0.15) is 0 Å². The van der Waals surface area contributed by atoms with Gasteiger partial charge in [0.25, 0.3) is 0 Å². The van der Waals surface area contributed by atoms with Crippen LogP contribution in [0, 0.1) is 0 Å². The minimum Gasteiger partial charge on any atom is -0.467 e. The average Bonchev–Trinajstić information content (AvgIpc) is 2.99. The molecular formula is C14H14F3N3O3. The van der Waals surface area contributed by atoms with E-state index in [1.165, 1.54) is 24.5 Å². The smallest absolute Gasteiger partial charge is 0.467 e. The Kier molecular flexibility index (Phi) is 5.12. The van der Waals surface area contributed by atoms with Gasteiger partial charge in [-0.1, -0.05) is 12.1 Å². The normalized spacial score (nSPS) is 13.7. The van der Waals surface area contributed by atoms with Crippen LogP contribution >= 0.6 is 0 Å². The Hall–Kier alpha value is -2.68. The van der Waals surface area contributed by atoms with Crippen molar-refractivity contribution in [2.45, 2.75) is 12.5 Å². The van der Waals surface area contributed by atoms with Gasteiger partial charge in [0.1, 0.15) is 11.9 Å². The Morgan fingerprint density at radius 3 is 2.70 bits per heavy atom. The van der Waals surface area contributed by atoms with E-state index in [9.17, 15) is 18.3 Å². The summed E-state index contributed by atoms with van der Waals surface area (Å²) in [5, 5.41) is 12.3. The van der Waals surface area contributed by atoms with E-state index in [1.54, 1.807) is 12.1 Å². The van der Waals surface area contributed by atoms with Crippen molar-refractivity contribution >= 4 is 11.6 Å². The highest BCUT2D eigenvalue weighted by Gasteiger charge is 2.32. The van der Waals surface area contributed by atoms with Gasteiger partial charge >= 0.3 is 6.36 Å². The van der Waals surface area contributed by atoms with Crippen molar-refractivity contribution in [3.05, 3.63) is 48.4 Å². The average molecular weight is 329 g/mol. The largest absolute Gasteiger partial charge is 0.573 e. The quantitative estimate of drug-likeness (QED) is 0.579. The zero-order chi connectivity index (χ0) is 16.9. The molecule has 124 valence electrons. The lowest BCUT2D eigenvalue weighted by molar-refractivity contribution is -0.274. The molecule has 1 heterocycles. The van der Waals surface area contributed by atoms with Crippen molar-refractivity contribution in [3.8, 4) is 5.75 Å². The maximum Gasteiger partial charge on any atom is 0.573 e. The summed E-state index contributed by atoms with van der Waals surface area (Å²) >= 11 is 0. The van der Waals surface area contributed by atoms with Gasteiger partial charge in [0, 0.05) is 0 Å². The number of guanidine groups is 1. The van der Waals surface area contributed by atoms with Crippen LogP contribution in [0.2, 0.25) is 0 Å². The van der Waals surface area contributed by atoms with Crippen molar-refractivity contribution in [2.75, 3.05) is 11.9 Å². The van der Waals surface area contributed by atoms with E-state index >= 15 is 0 Å². The van der Waals surface area contributed by atoms with E-state index in [-0.39, 0.29) is 18.2 Å². The number of nitrogens with two attached hydrogens (primary N) is 1. The van der Waals surface area contributed by atoms with E-state index in [0.29, 0.717) is 5.76 Å². The third-order valence-corrected chi connectivity index (χ3v) is 2.68. The van der Waals surface area contributed by atoms with Crippen LogP contribution in [0.3, 0.4) is 0 Å². The Bertz CT molecular complexity index is 657. The molecule has 2 rings (SSSR count). The van der Waals surface area contributed by atoms with Gasteiger partial charge in [0.05, 0.1) is 18.5 Å². The number of benzene rings is 1. The van der Waals surface area contributed by atoms with Crippen LogP contribution in [0.25, 0.3) is 0 Å². The van der Waals surface area contributed by atoms with Crippen LogP contribution in [0.4, 0.5) is 18.9 Å². The zero-order valence-electron chi connectivity index (χ0n) is 11.7. The second-order valence-electron chi connectivity index (χ2n) is 4.43. The number of aliphatic hydroxyl groups is 1. The molecule has 0 radical (unpaired) electrons. The van der Waals surface area contributed by atoms with Crippen LogP contribution < -0.4 is 15.8 Å². The maximum absolute atomic E-state index is 12.3. The van der Waals surface area contributed by atoms with E-state index in [1.807, 2.05) is 0 Å². The highest BCUT2D eigenvalue weighted by molar-refractivity contribution is 5.93. The number of aliphatic imine (C=N–C) groups is 1.